The zero-order valence-electron chi connectivity index (χ0n) is 35.0. The minimum Gasteiger partial charge on any atom is -0.459 e. The number of carbonyl (C=O) groups is 2. The quantitative estimate of drug-likeness (QED) is 0.109. The fraction of sp³-hybridized carbons (Fsp3) is 0.591. The molecule has 2 spiro atoms. The monoisotopic (exact) mass is 810 g/mol. The maximum Gasteiger partial charge on any atom is 0.338 e. The Bertz CT molecular complexity index is 1610. The SMILES string of the molecule is C=C1C(O)CC(O[Si](C)(C)C(C)(C)C)CC12OC2COC(=O)c1ccccc1.C=C1[C@@H](F)CC(O[Si](C)(C)C(C)(C)C)CC12OC2COC(=O)c1ccccc1. The Balaban J connectivity index is 0.000000214. The van der Waals surface area contributed by atoms with Crippen LogP contribution in [-0.4, -0.2) is 94.8 Å². The van der Waals surface area contributed by atoms with E-state index in [9.17, 15) is 19.1 Å². The third-order valence-corrected chi connectivity index (χ3v) is 21.9. The molecule has 2 aliphatic heterocycles. The third kappa shape index (κ3) is 9.65. The summed E-state index contributed by atoms with van der Waals surface area (Å²) in [6.07, 6.45) is -0.733. The summed E-state index contributed by atoms with van der Waals surface area (Å²) in [5.41, 5.74) is 0.691. The van der Waals surface area contributed by atoms with E-state index < -0.39 is 46.1 Å². The van der Waals surface area contributed by atoms with Crippen LogP contribution < -0.4 is 0 Å². The Morgan fingerprint density at radius 3 is 1.48 bits per heavy atom. The molecular formula is C44H63FO9Si2. The van der Waals surface area contributed by atoms with E-state index in [-0.39, 0.29) is 53.7 Å². The van der Waals surface area contributed by atoms with E-state index in [1.165, 1.54) is 0 Å². The Morgan fingerprint density at radius 2 is 1.09 bits per heavy atom. The number of hydrogen-bond acceptors (Lipinski definition) is 9. The van der Waals surface area contributed by atoms with E-state index in [1.54, 1.807) is 48.5 Å². The number of epoxide rings is 2. The number of rotatable bonds is 10. The standard InChI is InChI=1S/C22H31FO4Si.C22H32O5Si/c2*1-15-18(23)12-17(27-28(5,6)21(2,3)4)13-22(15)19(26-22)14-25-20(24)16-10-8-7-9-11-16/h7-11,17-19H,1,12-14H2,2-6H3;7-11,17-19,23H,1,12-14H2,2-6H3/t17?,18-,19?,22?;/m0./s1. The van der Waals surface area contributed by atoms with Gasteiger partial charge in [0.1, 0.15) is 42.8 Å². The molecule has 4 fully saturated rings. The molecule has 0 amide bonds. The Kier molecular flexibility index (Phi) is 12.9. The van der Waals surface area contributed by atoms with Gasteiger partial charge in [-0.25, -0.2) is 14.0 Å². The number of hydrogen-bond donors (Lipinski definition) is 1. The predicted octanol–water partition coefficient (Wildman–Crippen LogP) is 9.14. The highest BCUT2D eigenvalue weighted by Crippen LogP contribution is 2.54. The van der Waals surface area contributed by atoms with Crippen molar-refractivity contribution in [1.29, 1.82) is 0 Å². The topological polar surface area (TPSA) is 116 Å². The number of alkyl halides is 1. The fourth-order valence-electron chi connectivity index (χ4n) is 7.10. The van der Waals surface area contributed by atoms with Gasteiger partial charge in [0, 0.05) is 25.7 Å². The van der Waals surface area contributed by atoms with Gasteiger partial charge in [0.15, 0.2) is 16.6 Å². The van der Waals surface area contributed by atoms with Crippen molar-refractivity contribution in [1.82, 2.24) is 0 Å². The van der Waals surface area contributed by atoms with E-state index in [0.717, 1.165) is 0 Å². The van der Waals surface area contributed by atoms with Crippen molar-refractivity contribution in [2.45, 2.75) is 151 Å². The van der Waals surface area contributed by atoms with E-state index >= 15 is 0 Å². The van der Waals surface area contributed by atoms with Gasteiger partial charge < -0.3 is 32.9 Å². The average molecular weight is 811 g/mol. The van der Waals surface area contributed by atoms with E-state index in [4.69, 9.17) is 27.8 Å². The van der Waals surface area contributed by atoms with Crippen LogP contribution >= 0.6 is 0 Å². The molecule has 56 heavy (non-hydrogen) atoms. The molecular weight excluding hydrogens is 748 g/mol. The second-order valence-corrected chi connectivity index (χ2v) is 28.3. The van der Waals surface area contributed by atoms with E-state index in [0.29, 0.717) is 48.0 Å². The highest BCUT2D eigenvalue weighted by Gasteiger charge is 2.65. The van der Waals surface area contributed by atoms with Gasteiger partial charge in [-0.05, 0) is 71.7 Å². The normalized spacial score (nSPS) is 30.4. The average Bonchev–Trinajstić information content (AvgIpc) is 4.01. The molecule has 0 aromatic heterocycles. The van der Waals surface area contributed by atoms with Gasteiger partial charge in [-0.3, -0.25) is 0 Å². The number of aliphatic hydroxyl groups excluding tert-OH is 1. The second kappa shape index (κ2) is 16.3. The Hall–Kier alpha value is -2.98. The maximum atomic E-state index is 14.7. The number of ether oxygens (including phenoxy) is 4. The zero-order chi connectivity index (χ0) is 41.5. The lowest BCUT2D eigenvalue weighted by Crippen LogP contribution is -2.49. The van der Waals surface area contributed by atoms with Crippen molar-refractivity contribution >= 4 is 28.6 Å². The number of halogens is 1. The van der Waals surface area contributed by atoms with Crippen molar-refractivity contribution < 1.29 is 46.9 Å². The summed E-state index contributed by atoms with van der Waals surface area (Å²) < 4.78 is 50.3. The minimum absolute atomic E-state index is 0.0510. The van der Waals surface area contributed by atoms with Crippen LogP contribution in [0.2, 0.25) is 36.3 Å². The van der Waals surface area contributed by atoms with Gasteiger partial charge >= 0.3 is 11.9 Å². The predicted molar refractivity (Wildman–Crippen MR) is 220 cm³/mol. The van der Waals surface area contributed by atoms with Crippen LogP contribution in [-0.2, 0) is 27.8 Å². The van der Waals surface area contributed by atoms with Crippen molar-refractivity contribution in [3.63, 3.8) is 0 Å². The second-order valence-electron chi connectivity index (χ2n) is 18.8. The van der Waals surface area contributed by atoms with E-state index in [1.807, 2.05) is 12.1 Å². The lowest BCUT2D eigenvalue weighted by atomic mass is 9.79. The molecule has 9 nitrogen and oxygen atoms in total. The van der Waals surface area contributed by atoms with Crippen LogP contribution in [0.4, 0.5) is 4.39 Å². The first-order valence-corrected chi connectivity index (χ1v) is 25.6. The Labute approximate surface area is 335 Å². The molecule has 308 valence electrons. The number of benzene rings is 2. The highest BCUT2D eigenvalue weighted by molar-refractivity contribution is 6.74. The first-order chi connectivity index (χ1) is 25.9. The molecule has 8 atom stereocenters. The highest BCUT2D eigenvalue weighted by atomic mass is 28.4. The largest absolute Gasteiger partial charge is 0.459 e. The zero-order valence-corrected chi connectivity index (χ0v) is 37.0. The van der Waals surface area contributed by atoms with Gasteiger partial charge in [0.25, 0.3) is 0 Å². The van der Waals surface area contributed by atoms with Crippen LogP contribution in [0.1, 0.15) is 87.9 Å². The molecule has 2 saturated carbocycles. The molecule has 2 aliphatic carbocycles. The van der Waals surface area contributed by atoms with Gasteiger partial charge in [-0.2, -0.15) is 0 Å². The van der Waals surface area contributed by atoms with Gasteiger partial charge in [0.2, 0.25) is 0 Å². The van der Waals surface area contributed by atoms with Crippen LogP contribution in [0.25, 0.3) is 0 Å². The molecule has 2 aromatic rings. The summed E-state index contributed by atoms with van der Waals surface area (Å²) in [5.74, 6) is -0.777. The summed E-state index contributed by atoms with van der Waals surface area (Å²) in [5, 5.41) is 10.7. The molecule has 0 radical (unpaired) electrons. The summed E-state index contributed by atoms with van der Waals surface area (Å²) >= 11 is 0. The number of carbonyl (C=O) groups excluding carboxylic acids is 2. The summed E-state index contributed by atoms with van der Waals surface area (Å²) in [4.78, 5) is 24.4. The van der Waals surface area contributed by atoms with Gasteiger partial charge in [0.05, 0.1) is 29.4 Å². The molecule has 7 unspecified atom stereocenters. The molecule has 2 heterocycles. The first-order valence-electron chi connectivity index (χ1n) is 19.8. The summed E-state index contributed by atoms with van der Waals surface area (Å²) in [7, 11) is -3.98. The molecule has 2 saturated heterocycles. The van der Waals surface area contributed by atoms with Crippen LogP contribution in [0, 0.1) is 0 Å². The van der Waals surface area contributed by atoms with Crippen LogP contribution in [0.15, 0.2) is 85.0 Å². The maximum absolute atomic E-state index is 14.7. The molecule has 2 aromatic carbocycles. The Morgan fingerprint density at radius 1 is 0.714 bits per heavy atom. The van der Waals surface area contributed by atoms with Crippen molar-refractivity contribution in [3.05, 3.63) is 96.1 Å². The molecule has 4 aliphatic rings. The van der Waals surface area contributed by atoms with Crippen LogP contribution in [0.3, 0.4) is 0 Å². The molecule has 12 heteroatoms. The lowest BCUT2D eigenvalue weighted by Gasteiger charge is -2.42. The van der Waals surface area contributed by atoms with Gasteiger partial charge in [-0.1, -0.05) is 91.1 Å². The molecule has 1 N–H and O–H groups in total. The van der Waals surface area contributed by atoms with Crippen molar-refractivity contribution in [3.8, 4) is 0 Å². The third-order valence-electron chi connectivity index (χ3n) is 12.8. The summed E-state index contributed by atoms with van der Waals surface area (Å²) in [6.45, 7) is 30.1. The fourth-order valence-corrected chi connectivity index (χ4v) is 9.83. The summed E-state index contributed by atoms with van der Waals surface area (Å²) in [6, 6.07) is 17.7. The number of aliphatic hydroxyl groups is 1. The van der Waals surface area contributed by atoms with E-state index in [2.05, 4.69) is 80.9 Å². The minimum atomic E-state index is -2.02. The first kappa shape index (κ1) is 44.1. The lowest BCUT2D eigenvalue weighted by molar-refractivity contribution is 0.0464. The molecule has 0 bridgehead atoms. The van der Waals surface area contributed by atoms with Crippen LogP contribution in [0.5, 0.6) is 0 Å². The van der Waals surface area contributed by atoms with Crippen molar-refractivity contribution in [2.75, 3.05) is 13.2 Å². The smallest absolute Gasteiger partial charge is 0.338 e. The number of esters is 2. The van der Waals surface area contributed by atoms with Crippen molar-refractivity contribution in [2.24, 2.45) is 0 Å². The van der Waals surface area contributed by atoms with Gasteiger partial charge in [-0.15, -0.1) is 0 Å². The molecule has 6 rings (SSSR count).